The fourth-order valence-corrected chi connectivity index (χ4v) is 3.81. The molecular weight excluding hydrogens is 382 g/mol. The van der Waals surface area contributed by atoms with Gasteiger partial charge < -0.3 is 10.2 Å². The quantitative estimate of drug-likeness (QED) is 0.399. The highest BCUT2D eigenvalue weighted by molar-refractivity contribution is 5.86. The lowest BCUT2D eigenvalue weighted by Crippen LogP contribution is -2.25. The van der Waals surface area contributed by atoms with Crippen molar-refractivity contribution in [2.45, 2.75) is 33.6 Å². The monoisotopic (exact) mass is 411 g/mol. The molecular formula is C23H30ClN5. The van der Waals surface area contributed by atoms with E-state index in [-0.39, 0.29) is 12.4 Å². The number of hydrogen-bond acceptors (Lipinski definition) is 4. The standard InChI is InChI=1S/C23H29N5.ClH/c1-5-11-18-17(4)19(16-24)23-26-20-12-8-9-13-21(20)28(23)22(18)25-14-10-15-27(6-2)7-3;/h5,8-9,12-13,25H,1,6-7,10-11,14-15H2,2-4H3;1H. The van der Waals surface area contributed by atoms with Crippen molar-refractivity contribution in [2.24, 2.45) is 0 Å². The predicted molar refractivity (Wildman–Crippen MR) is 124 cm³/mol. The summed E-state index contributed by atoms with van der Waals surface area (Å²) >= 11 is 0. The molecule has 154 valence electrons. The molecule has 0 aliphatic carbocycles. The SMILES string of the molecule is C=CCc1c(C)c(C#N)c2nc3ccccc3n2c1NCCCN(CC)CC.Cl. The van der Waals surface area contributed by atoms with Gasteiger partial charge in [-0.05, 0) is 57.1 Å². The molecule has 6 heteroatoms. The highest BCUT2D eigenvalue weighted by atomic mass is 35.5. The van der Waals surface area contributed by atoms with Crippen molar-refractivity contribution < 1.29 is 0 Å². The molecule has 0 aliphatic heterocycles. The molecule has 0 unspecified atom stereocenters. The van der Waals surface area contributed by atoms with Gasteiger partial charge in [0.25, 0.3) is 0 Å². The van der Waals surface area contributed by atoms with Crippen LogP contribution in [0.25, 0.3) is 16.7 Å². The minimum Gasteiger partial charge on any atom is -0.371 e. The molecule has 0 radical (unpaired) electrons. The number of nitrogens with one attached hydrogen (secondary N) is 1. The van der Waals surface area contributed by atoms with E-state index in [0.717, 1.165) is 66.2 Å². The zero-order chi connectivity index (χ0) is 20.1. The van der Waals surface area contributed by atoms with Crippen molar-refractivity contribution in [3.05, 3.63) is 53.6 Å². The minimum absolute atomic E-state index is 0. The lowest BCUT2D eigenvalue weighted by molar-refractivity contribution is 0.303. The number of rotatable bonds is 9. The van der Waals surface area contributed by atoms with Gasteiger partial charge in [0.1, 0.15) is 11.9 Å². The number of nitriles is 1. The van der Waals surface area contributed by atoms with E-state index in [4.69, 9.17) is 4.98 Å². The lowest BCUT2D eigenvalue weighted by Gasteiger charge is -2.20. The third-order valence-electron chi connectivity index (χ3n) is 5.42. The van der Waals surface area contributed by atoms with Crippen LogP contribution in [0.4, 0.5) is 5.82 Å². The second-order valence-corrected chi connectivity index (χ2v) is 7.00. The summed E-state index contributed by atoms with van der Waals surface area (Å²) in [5.74, 6) is 1.03. The number of benzene rings is 1. The average Bonchev–Trinajstić information content (AvgIpc) is 3.09. The van der Waals surface area contributed by atoms with E-state index < -0.39 is 0 Å². The van der Waals surface area contributed by atoms with Crippen LogP contribution in [0.15, 0.2) is 36.9 Å². The third kappa shape index (κ3) is 4.39. The average molecular weight is 412 g/mol. The summed E-state index contributed by atoms with van der Waals surface area (Å²) in [5, 5.41) is 13.5. The first-order chi connectivity index (χ1) is 13.7. The number of aromatic nitrogens is 2. The number of fused-ring (bicyclic) bond motifs is 3. The molecule has 0 fully saturated rings. The van der Waals surface area contributed by atoms with Crippen LogP contribution in [0, 0.1) is 18.3 Å². The highest BCUT2D eigenvalue weighted by Gasteiger charge is 2.19. The largest absolute Gasteiger partial charge is 0.371 e. The van der Waals surface area contributed by atoms with Gasteiger partial charge in [0.2, 0.25) is 0 Å². The van der Waals surface area contributed by atoms with Gasteiger partial charge >= 0.3 is 0 Å². The number of anilines is 1. The Kier molecular flexibility index (Phi) is 8.07. The van der Waals surface area contributed by atoms with Gasteiger partial charge in [-0.3, -0.25) is 4.40 Å². The summed E-state index contributed by atoms with van der Waals surface area (Å²) < 4.78 is 2.11. The van der Waals surface area contributed by atoms with Crippen LogP contribution >= 0.6 is 12.4 Å². The zero-order valence-electron chi connectivity index (χ0n) is 17.5. The first-order valence-electron chi connectivity index (χ1n) is 10.1. The summed E-state index contributed by atoms with van der Waals surface area (Å²) in [7, 11) is 0. The molecule has 3 aromatic rings. The molecule has 5 nitrogen and oxygen atoms in total. The van der Waals surface area contributed by atoms with Gasteiger partial charge in [0.05, 0.1) is 16.6 Å². The molecule has 0 amide bonds. The fourth-order valence-electron chi connectivity index (χ4n) is 3.81. The Morgan fingerprint density at radius 1 is 1.28 bits per heavy atom. The Hall–Kier alpha value is -2.55. The fraction of sp³-hybridized carbons (Fsp3) is 0.391. The summed E-state index contributed by atoms with van der Waals surface area (Å²) in [6.07, 6.45) is 3.67. The maximum atomic E-state index is 9.80. The predicted octanol–water partition coefficient (Wildman–Crippen LogP) is 4.96. The Bertz CT molecular complexity index is 1030. The number of imidazole rings is 1. The lowest BCUT2D eigenvalue weighted by atomic mass is 10.0. The van der Waals surface area contributed by atoms with E-state index in [9.17, 15) is 5.26 Å². The van der Waals surface area contributed by atoms with Crippen LogP contribution in [0.5, 0.6) is 0 Å². The van der Waals surface area contributed by atoms with Crippen molar-refractivity contribution in [1.82, 2.24) is 14.3 Å². The molecule has 0 saturated heterocycles. The van der Waals surface area contributed by atoms with E-state index in [1.165, 1.54) is 0 Å². The van der Waals surface area contributed by atoms with E-state index in [1.807, 2.05) is 31.2 Å². The van der Waals surface area contributed by atoms with Gasteiger partial charge in [0.15, 0.2) is 5.65 Å². The summed E-state index contributed by atoms with van der Waals surface area (Å²) in [5.41, 5.74) is 5.38. The molecule has 29 heavy (non-hydrogen) atoms. The van der Waals surface area contributed by atoms with Crippen LogP contribution in [0.2, 0.25) is 0 Å². The Morgan fingerprint density at radius 2 is 2.00 bits per heavy atom. The molecule has 0 atom stereocenters. The molecule has 1 aromatic carbocycles. The van der Waals surface area contributed by atoms with Gasteiger partial charge in [-0.25, -0.2) is 4.98 Å². The molecule has 0 spiro atoms. The van der Waals surface area contributed by atoms with Crippen molar-refractivity contribution in [2.75, 3.05) is 31.5 Å². The molecule has 2 aromatic heterocycles. The van der Waals surface area contributed by atoms with Crippen molar-refractivity contribution in [3.63, 3.8) is 0 Å². The van der Waals surface area contributed by atoms with Gasteiger partial charge in [-0.2, -0.15) is 5.26 Å². The number of nitrogens with zero attached hydrogens (tertiary/aromatic N) is 4. The Morgan fingerprint density at radius 3 is 2.66 bits per heavy atom. The smallest absolute Gasteiger partial charge is 0.157 e. The molecule has 1 N–H and O–H groups in total. The van der Waals surface area contributed by atoms with Crippen LogP contribution in [-0.2, 0) is 6.42 Å². The maximum absolute atomic E-state index is 9.80. The topological polar surface area (TPSA) is 56.4 Å². The van der Waals surface area contributed by atoms with E-state index in [0.29, 0.717) is 12.0 Å². The van der Waals surface area contributed by atoms with Crippen molar-refractivity contribution in [1.29, 1.82) is 5.26 Å². The first kappa shape index (κ1) is 22.7. The number of pyridine rings is 1. The molecule has 2 heterocycles. The highest BCUT2D eigenvalue weighted by Crippen LogP contribution is 2.31. The van der Waals surface area contributed by atoms with Gasteiger partial charge in [-0.1, -0.05) is 32.1 Å². The zero-order valence-corrected chi connectivity index (χ0v) is 18.4. The van der Waals surface area contributed by atoms with Gasteiger partial charge in [0, 0.05) is 12.1 Å². The molecule has 0 saturated carbocycles. The normalized spacial score (nSPS) is 10.9. The Labute approximate surface area is 179 Å². The number of halogens is 1. The van der Waals surface area contributed by atoms with E-state index in [1.54, 1.807) is 0 Å². The van der Waals surface area contributed by atoms with Gasteiger partial charge in [-0.15, -0.1) is 19.0 Å². The van der Waals surface area contributed by atoms with Crippen LogP contribution in [0.3, 0.4) is 0 Å². The summed E-state index contributed by atoms with van der Waals surface area (Å²) in [4.78, 5) is 7.19. The molecule has 0 aliphatic rings. The molecule has 3 rings (SSSR count). The number of para-hydroxylation sites is 2. The third-order valence-corrected chi connectivity index (χ3v) is 5.42. The van der Waals surface area contributed by atoms with Crippen LogP contribution < -0.4 is 5.32 Å². The first-order valence-corrected chi connectivity index (χ1v) is 10.1. The summed E-state index contributed by atoms with van der Waals surface area (Å²) in [6, 6.07) is 10.4. The van der Waals surface area contributed by atoms with Crippen molar-refractivity contribution in [3.8, 4) is 6.07 Å². The van der Waals surface area contributed by atoms with E-state index in [2.05, 4.69) is 47.2 Å². The summed E-state index contributed by atoms with van der Waals surface area (Å²) in [6.45, 7) is 14.4. The second-order valence-electron chi connectivity index (χ2n) is 7.00. The Balaban J connectivity index is 0.00000300. The second kappa shape index (κ2) is 10.3. The minimum atomic E-state index is 0. The maximum Gasteiger partial charge on any atom is 0.157 e. The van der Waals surface area contributed by atoms with Crippen molar-refractivity contribution >= 4 is 34.9 Å². The molecule has 0 bridgehead atoms. The number of allylic oxidation sites excluding steroid dienone is 1. The van der Waals surface area contributed by atoms with E-state index >= 15 is 0 Å². The van der Waals surface area contributed by atoms with Crippen LogP contribution in [0.1, 0.15) is 37.0 Å². The van der Waals surface area contributed by atoms with Crippen LogP contribution in [-0.4, -0.2) is 40.5 Å². The number of hydrogen-bond donors (Lipinski definition) is 1.